The molecule has 1 amide bonds. The van der Waals surface area contributed by atoms with Gasteiger partial charge in [0.15, 0.2) is 0 Å². The summed E-state index contributed by atoms with van der Waals surface area (Å²) in [6.45, 7) is 3.35. The van der Waals surface area contributed by atoms with Crippen LogP contribution in [0.4, 0.5) is 5.69 Å². The largest absolute Gasteiger partial charge is 0.395 e. The van der Waals surface area contributed by atoms with Crippen LogP contribution >= 0.6 is 0 Å². The van der Waals surface area contributed by atoms with Crippen LogP contribution in [-0.4, -0.2) is 49.7 Å². The van der Waals surface area contributed by atoms with Gasteiger partial charge in [0.2, 0.25) is 0 Å². The second-order valence-electron chi connectivity index (χ2n) is 4.01. The van der Waals surface area contributed by atoms with Crippen molar-refractivity contribution < 1.29 is 9.90 Å². The van der Waals surface area contributed by atoms with E-state index in [4.69, 9.17) is 5.11 Å². The molecule has 1 aromatic rings. The van der Waals surface area contributed by atoms with Crippen LogP contribution in [0, 0.1) is 0 Å². The fourth-order valence-corrected chi connectivity index (χ4v) is 1.51. The molecule has 0 heterocycles. The topological polar surface area (TPSA) is 43.8 Å². The first-order valence-corrected chi connectivity index (χ1v) is 5.77. The van der Waals surface area contributed by atoms with Gasteiger partial charge in [0.25, 0.3) is 5.91 Å². The number of carbonyl (C=O) groups excluding carboxylic acids is 1. The van der Waals surface area contributed by atoms with Crippen molar-refractivity contribution in [3.05, 3.63) is 29.8 Å². The van der Waals surface area contributed by atoms with Crippen LogP contribution in [0.25, 0.3) is 0 Å². The summed E-state index contributed by atoms with van der Waals surface area (Å²) in [5.74, 6) is -0.0650. The minimum Gasteiger partial charge on any atom is -0.395 e. The molecular formula is C13H20N2O2. The van der Waals surface area contributed by atoms with Gasteiger partial charge in [-0.3, -0.25) is 4.79 Å². The molecule has 1 rings (SSSR count). The van der Waals surface area contributed by atoms with Crippen molar-refractivity contribution in [2.24, 2.45) is 0 Å². The minimum atomic E-state index is -0.0650. The Hall–Kier alpha value is -1.55. The molecule has 4 heteroatoms. The standard InChI is InChI=1S/C13H20N2O2/c1-4-14(2)12-7-5-11(6-8-12)13(17)15(3)9-10-16/h5-8,16H,4,9-10H2,1-3H3. The maximum Gasteiger partial charge on any atom is 0.253 e. The SMILES string of the molecule is CCN(C)c1ccc(C(=O)N(C)CCO)cc1. The number of nitrogens with zero attached hydrogens (tertiary/aromatic N) is 2. The number of carbonyl (C=O) groups is 1. The summed E-state index contributed by atoms with van der Waals surface area (Å²) in [6, 6.07) is 7.50. The highest BCUT2D eigenvalue weighted by Crippen LogP contribution is 2.14. The molecule has 0 saturated carbocycles. The van der Waals surface area contributed by atoms with E-state index in [2.05, 4.69) is 11.8 Å². The molecule has 0 fully saturated rings. The van der Waals surface area contributed by atoms with Gasteiger partial charge in [0.1, 0.15) is 0 Å². The summed E-state index contributed by atoms with van der Waals surface area (Å²) in [5, 5.41) is 8.78. The highest BCUT2D eigenvalue weighted by Gasteiger charge is 2.10. The van der Waals surface area contributed by atoms with Gasteiger partial charge < -0.3 is 14.9 Å². The number of aliphatic hydroxyl groups is 1. The Morgan fingerprint density at radius 2 is 1.82 bits per heavy atom. The molecule has 0 aliphatic rings. The summed E-state index contributed by atoms with van der Waals surface area (Å²) in [6.07, 6.45) is 0. The van der Waals surface area contributed by atoms with Crippen molar-refractivity contribution in [3.63, 3.8) is 0 Å². The Labute approximate surface area is 102 Å². The first-order chi connectivity index (χ1) is 8.10. The lowest BCUT2D eigenvalue weighted by Gasteiger charge is -2.18. The van der Waals surface area contributed by atoms with E-state index in [0.29, 0.717) is 12.1 Å². The molecule has 0 aliphatic carbocycles. The Kier molecular flexibility index (Phi) is 4.97. The monoisotopic (exact) mass is 236 g/mol. The molecule has 0 spiro atoms. The van der Waals surface area contributed by atoms with Gasteiger partial charge in [0.05, 0.1) is 6.61 Å². The van der Waals surface area contributed by atoms with E-state index in [1.54, 1.807) is 7.05 Å². The normalized spacial score (nSPS) is 10.1. The molecule has 0 radical (unpaired) electrons. The summed E-state index contributed by atoms with van der Waals surface area (Å²) in [4.78, 5) is 15.5. The van der Waals surface area contributed by atoms with Crippen molar-refractivity contribution in [1.29, 1.82) is 0 Å². The lowest BCUT2D eigenvalue weighted by Crippen LogP contribution is -2.29. The number of hydrogen-bond donors (Lipinski definition) is 1. The molecule has 0 atom stereocenters. The van der Waals surface area contributed by atoms with Crippen molar-refractivity contribution in [2.75, 3.05) is 38.7 Å². The lowest BCUT2D eigenvalue weighted by molar-refractivity contribution is 0.0767. The fraction of sp³-hybridized carbons (Fsp3) is 0.462. The second-order valence-corrected chi connectivity index (χ2v) is 4.01. The van der Waals surface area contributed by atoms with Crippen LogP contribution in [0.2, 0.25) is 0 Å². The van der Waals surface area contributed by atoms with Crippen LogP contribution < -0.4 is 4.90 Å². The van der Waals surface area contributed by atoms with Crippen LogP contribution in [0.1, 0.15) is 17.3 Å². The molecular weight excluding hydrogens is 216 g/mol. The molecule has 94 valence electrons. The predicted molar refractivity (Wildman–Crippen MR) is 69.4 cm³/mol. The number of aliphatic hydroxyl groups excluding tert-OH is 1. The fourth-order valence-electron chi connectivity index (χ4n) is 1.51. The van der Waals surface area contributed by atoms with Crippen molar-refractivity contribution in [2.45, 2.75) is 6.92 Å². The molecule has 1 N–H and O–H groups in total. The number of hydrogen-bond acceptors (Lipinski definition) is 3. The average molecular weight is 236 g/mol. The van der Waals surface area contributed by atoms with Crippen LogP contribution in [-0.2, 0) is 0 Å². The number of benzene rings is 1. The highest BCUT2D eigenvalue weighted by molar-refractivity contribution is 5.94. The summed E-state index contributed by atoms with van der Waals surface area (Å²) >= 11 is 0. The van der Waals surface area contributed by atoms with Gasteiger partial charge in [-0.05, 0) is 31.2 Å². The number of rotatable bonds is 5. The quantitative estimate of drug-likeness (QED) is 0.835. The zero-order chi connectivity index (χ0) is 12.8. The Morgan fingerprint density at radius 3 is 2.29 bits per heavy atom. The molecule has 0 unspecified atom stereocenters. The van der Waals surface area contributed by atoms with Gasteiger partial charge in [-0.15, -0.1) is 0 Å². The summed E-state index contributed by atoms with van der Waals surface area (Å²) in [7, 11) is 3.69. The van der Waals surface area contributed by atoms with E-state index in [0.717, 1.165) is 12.2 Å². The van der Waals surface area contributed by atoms with Gasteiger partial charge in [-0.1, -0.05) is 0 Å². The second kappa shape index (κ2) is 6.25. The van der Waals surface area contributed by atoms with Crippen LogP contribution in [0.5, 0.6) is 0 Å². The molecule has 17 heavy (non-hydrogen) atoms. The third-order valence-electron chi connectivity index (χ3n) is 2.81. The number of anilines is 1. The van der Waals surface area contributed by atoms with Gasteiger partial charge in [-0.2, -0.15) is 0 Å². The molecule has 0 aliphatic heterocycles. The predicted octanol–water partition coefficient (Wildman–Crippen LogP) is 1.21. The van der Waals surface area contributed by atoms with Crippen molar-refractivity contribution in [3.8, 4) is 0 Å². The van der Waals surface area contributed by atoms with E-state index in [1.807, 2.05) is 31.3 Å². The van der Waals surface area contributed by atoms with E-state index in [9.17, 15) is 4.79 Å². The zero-order valence-corrected chi connectivity index (χ0v) is 10.7. The van der Waals surface area contributed by atoms with Crippen LogP contribution in [0.15, 0.2) is 24.3 Å². The van der Waals surface area contributed by atoms with E-state index in [-0.39, 0.29) is 12.5 Å². The average Bonchev–Trinajstić information content (AvgIpc) is 2.37. The zero-order valence-electron chi connectivity index (χ0n) is 10.7. The minimum absolute atomic E-state index is 0.0150. The number of amides is 1. The maximum atomic E-state index is 11.9. The van der Waals surface area contributed by atoms with Crippen LogP contribution in [0.3, 0.4) is 0 Å². The third kappa shape index (κ3) is 3.46. The Morgan fingerprint density at radius 1 is 1.24 bits per heavy atom. The molecule has 4 nitrogen and oxygen atoms in total. The Bertz CT molecular complexity index is 362. The molecule has 0 bridgehead atoms. The van der Waals surface area contributed by atoms with Gasteiger partial charge in [-0.25, -0.2) is 0 Å². The first kappa shape index (κ1) is 13.5. The van der Waals surface area contributed by atoms with E-state index >= 15 is 0 Å². The van der Waals surface area contributed by atoms with Gasteiger partial charge >= 0.3 is 0 Å². The molecule has 0 aromatic heterocycles. The smallest absolute Gasteiger partial charge is 0.253 e. The lowest BCUT2D eigenvalue weighted by atomic mass is 10.1. The Balaban J connectivity index is 2.77. The third-order valence-corrected chi connectivity index (χ3v) is 2.81. The summed E-state index contributed by atoms with van der Waals surface area (Å²) < 4.78 is 0. The van der Waals surface area contributed by atoms with Crippen molar-refractivity contribution in [1.82, 2.24) is 4.90 Å². The van der Waals surface area contributed by atoms with E-state index in [1.165, 1.54) is 4.90 Å². The van der Waals surface area contributed by atoms with Gasteiger partial charge in [0, 0.05) is 38.4 Å². The highest BCUT2D eigenvalue weighted by atomic mass is 16.3. The maximum absolute atomic E-state index is 11.9. The number of likely N-dealkylation sites (N-methyl/N-ethyl adjacent to an activating group) is 1. The first-order valence-electron chi connectivity index (χ1n) is 5.77. The van der Waals surface area contributed by atoms with E-state index < -0.39 is 0 Å². The molecule has 1 aromatic carbocycles. The molecule has 0 saturated heterocycles. The summed E-state index contributed by atoms with van der Waals surface area (Å²) in [5.41, 5.74) is 1.74. The van der Waals surface area contributed by atoms with Crippen molar-refractivity contribution >= 4 is 11.6 Å².